The molecule has 0 bridgehead atoms. The molecule has 2 N–H and O–H groups in total. The normalized spacial score (nSPS) is 16.9. The summed E-state index contributed by atoms with van der Waals surface area (Å²) in [6, 6.07) is 4.25. The summed E-state index contributed by atoms with van der Waals surface area (Å²) in [4.78, 5) is 11.2. The molecule has 0 radical (unpaired) electrons. The number of sulfonamides is 1. The van der Waals surface area contributed by atoms with Crippen LogP contribution >= 0.6 is 0 Å². The minimum Gasteiger partial charge on any atom is -0.352 e. The second-order valence-electron chi connectivity index (χ2n) is 4.56. The second kappa shape index (κ2) is 5.26. The zero-order chi connectivity index (χ0) is 14.0. The first-order valence-corrected chi connectivity index (χ1v) is 7.46. The van der Waals surface area contributed by atoms with Gasteiger partial charge in [0.2, 0.25) is 15.9 Å². The lowest BCUT2D eigenvalue weighted by Gasteiger charge is -2.14. The van der Waals surface area contributed by atoms with Crippen molar-refractivity contribution in [2.24, 2.45) is 0 Å². The first kappa shape index (κ1) is 14.0. The van der Waals surface area contributed by atoms with E-state index in [1.807, 2.05) is 0 Å². The third-order valence-electron chi connectivity index (χ3n) is 2.78. The van der Waals surface area contributed by atoms with Crippen LogP contribution in [0, 0.1) is 5.82 Å². The summed E-state index contributed by atoms with van der Waals surface area (Å²) in [6.07, 6.45) is 1.83. The van der Waals surface area contributed by atoms with E-state index in [0.717, 1.165) is 25.0 Å². The van der Waals surface area contributed by atoms with E-state index in [0.29, 0.717) is 0 Å². The van der Waals surface area contributed by atoms with Gasteiger partial charge in [-0.15, -0.1) is 0 Å². The monoisotopic (exact) mass is 286 g/mol. The number of amides is 1. The van der Waals surface area contributed by atoms with E-state index in [2.05, 4.69) is 10.0 Å². The predicted molar refractivity (Wildman–Crippen MR) is 67.3 cm³/mol. The molecule has 1 aliphatic rings. The zero-order valence-electron chi connectivity index (χ0n) is 10.4. The number of hydrogen-bond acceptors (Lipinski definition) is 3. The number of hydrogen-bond donors (Lipinski definition) is 2. The van der Waals surface area contributed by atoms with Gasteiger partial charge < -0.3 is 5.32 Å². The third-order valence-corrected chi connectivity index (χ3v) is 4.35. The van der Waals surface area contributed by atoms with E-state index >= 15 is 0 Å². The topological polar surface area (TPSA) is 75.3 Å². The minimum absolute atomic E-state index is 0.146. The fourth-order valence-corrected chi connectivity index (χ4v) is 2.85. The van der Waals surface area contributed by atoms with E-state index in [4.69, 9.17) is 0 Å². The molecule has 1 aliphatic carbocycles. The Balaban J connectivity index is 2.08. The Kier molecular flexibility index (Phi) is 3.86. The highest BCUT2D eigenvalue weighted by molar-refractivity contribution is 7.89. The van der Waals surface area contributed by atoms with Gasteiger partial charge in [-0.25, -0.2) is 12.8 Å². The van der Waals surface area contributed by atoms with Gasteiger partial charge in [0.05, 0.1) is 6.04 Å². The third kappa shape index (κ3) is 3.51. The zero-order valence-corrected chi connectivity index (χ0v) is 11.2. The van der Waals surface area contributed by atoms with E-state index in [-0.39, 0.29) is 6.04 Å². The maximum absolute atomic E-state index is 13.4. The lowest BCUT2D eigenvalue weighted by molar-refractivity contribution is -0.122. The van der Waals surface area contributed by atoms with Crippen LogP contribution < -0.4 is 10.0 Å². The fourth-order valence-electron chi connectivity index (χ4n) is 1.57. The molecule has 0 aliphatic heterocycles. The first-order chi connectivity index (χ1) is 8.90. The van der Waals surface area contributed by atoms with Gasteiger partial charge in [0.1, 0.15) is 10.7 Å². The molecule has 0 spiro atoms. The van der Waals surface area contributed by atoms with Crippen molar-refractivity contribution < 1.29 is 17.6 Å². The second-order valence-corrected chi connectivity index (χ2v) is 6.24. The Hall–Kier alpha value is -1.47. The van der Waals surface area contributed by atoms with Crippen LogP contribution in [0.25, 0.3) is 0 Å². The highest BCUT2D eigenvalue weighted by Crippen LogP contribution is 2.19. The molecule has 19 heavy (non-hydrogen) atoms. The van der Waals surface area contributed by atoms with Gasteiger partial charge in [-0.1, -0.05) is 12.1 Å². The minimum atomic E-state index is -4.04. The highest BCUT2D eigenvalue weighted by Gasteiger charge is 2.28. The van der Waals surface area contributed by atoms with Crippen molar-refractivity contribution >= 4 is 15.9 Å². The molecule has 104 valence electrons. The van der Waals surface area contributed by atoms with Crippen molar-refractivity contribution in [2.75, 3.05) is 0 Å². The lowest BCUT2D eigenvalue weighted by atomic mass is 10.3. The number of halogens is 1. The van der Waals surface area contributed by atoms with Crippen molar-refractivity contribution in [3.8, 4) is 0 Å². The lowest BCUT2D eigenvalue weighted by Crippen LogP contribution is -2.45. The molecule has 0 saturated heterocycles. The van der Waals surface area contributed by atoms with Gasteiger partial charge in [0.15, 0.2) is 0 Å². The molecular formula is C12H15FN2O3S. The standard InChI is InChI=1S/C12H15FN2O3S/c1-8(12(16)14-9-6-7-9)15-19(17,18)11-5-3-2-4-10(11)13/h2-5,8-9,15H,6-7H2,1H3,(H,14,16). The summed E-state index contributed by atoms with van der Waals surface area (Å²) in [6.45, 7) is 1.43. The molecule has 0 aromatic heterocycles. The molecule has 1 atom stereocenters. The molecule has 5 nitrogen and oxygen atoms in total. The largest absolute Gasteiger partial charge is 0.352 e. The fraction of sp³-hybridized carbons (Fsp3) is 0.417. The van der Waals surface area contributed by atoms with Gasteiger partial charge in [-0.3, -0.25) is 4.79 Å². The summed E-state index contributed by atoms with van der Waals surface area (Å²) < 4.78 is 39.5. The van der Waals surface area contributed by atoms with Crippen LogP contribution in [-0.4, -0.2) is 26.4 Å². The summed E-state index contributed by atoms with van der Waals surface area (Å²) in [5.74, 6) is -1.24. The van der Waals surface area contributed by atoms with Gasteiger partial charge >= 0.3 is 0 Å². The molecule has 0 heterocycles. The van der Waals surface area contributed by atoms with Gasteiger partial charge in [-0.05, 0) is 31.9 Å². The molecule has 1 aromatic carbocycles. The smallest absolute Gasteiger partial charge is 0.244 e. The molecule has 1 unspecified atom stereocenters. The summed E-state index contributed by atoms with van der Waals surface area (Å²) in [5, 5.41) is 2.68. The van der Waals surface area contributed by atoms with Crippen LogP contribution in [0.15, 0.2) is 29.2 Å². The highest BCUT2D eigenvalue weighted by atomic mass is 32.2. The van der Waals surface area contributed by atoms with Crippen molar-refractivity contribution in [2.45, 2.75) is 36.7 Å². The summed E-state index contributed by atoms with van der Waals surface area (Å²) in [5.41, 5.74) is 0. The molecular weight excluding hydrogens is 271 g/mol. The maximum Gasteiger partial charge on any atom is 0.244 e. The van der Waals surface area contributed by atoms with Gasteiger partial charge in [0.25, 0.3) is 0 Å². The van der Waals surface area contributed by atoms with Crippen LogP contribution in [0.5, 0.6) is 0 Å². The maximum atomic E-state index is 13.4. The van der Waals surface area contributed by atoms with E-state index in [1.54, 1.807) is 0 Å². The number of nitrogens with one attached hydrogen (secondary N) is 2. The first-order valence-electron chi connectivity index (χ1n) is 5.97. The molecule has 1 amide bonds. The van der Waals surface area contributed by atoms with E-state index in [9.17, 15) is 17.6 Å². The molecule has 1 saturated carbocycles. The number of benzene rings is 1. The molecule has 7 heteroatoms. The van der Waals surface area contributed by atoms with Crippen molar-refractivity contribution in [3.05, 3.63) is 30.1 Å². The number of rotatable bonds is 5. The Morgan fingerprint density at radius 2 is 2.00 bits per heavy atom. The van der Waals surface area contributed by atoms with Crippen molar-refractivity contribution in [3.63, 3.8) is 0 Å². The summed E-state index contributed by atoms with van der Waals surface area (Å²) in [7, 11) is -4.04. The number of carbonyl (C=O) groups excluding carboxylic acids is 1. The Morgan fingerprint density at radius 1 is 1.37 bits per heavy atom. The van der Waals surface area contributed by atoms with Crippen molar-refractivity contribution in [1.29, 1.82) is 0 Å². The van der Waals surface area contributed by atoms with Crippen LogP contribution in [0.2, 0.25) is 0 Å². The van der Waals surface area contributed by atoms with Gasteiger partial charge in [0, 0.05) is 6.04 Å². The van der Waals surface area contributed by atoms with Crippen LogP contribution in [0.4, 0.5) is 4.39 Å². The predicted octanol–water partition coefficient (Wildman–Crippen LogP) is 0.771. The van der Waals surface area contributed by atoms with Crippen LogP contribution in [0.3, 0.4) is 0 Å². The van der Waals surface area contributed by atoms with Crippen molar-refractivity contribution in [1.82, 2.24) is 10.0 Å². The van der Waals surface area contributed by atoms with Crippen LogP contribution in [0.1, 0.15) is 19.8 Å². The number of carbonyl (C=O) groups is 1. The Bertz CT molecular complexity index is 584. The molecule has 1 aromatic rings. The quantitative estimate of drug-likeness (QED) is 0.839. The van der Waals surface area contributed by atoms with E-state index in [1.165, 1.54) is 19.1 Å². The Morgan fingerprint density at radius 3 is 2.58 bits per heavy atom. The Labute approximate surface area is 111 Å². The average molecular weight is 286 g/mol. The van der Waals surface area contributed by atoms with Gasteiger partial charge in [-0.2, -0.15) is 4.72 Å². The average Bonchev–Trinajstić information content (AvgIpc) is 3.12. The molecule has 2 rings (SSSR count). The van der Waals surface area contributed by atoms with Crippen LogP contribution in [-0.2, 0) is 14.8 Å². The SMILES string of the molecule is CC(NS(=O)(=O)c1ccccc1F)C(=O)NC1CC1. The summed E-state index contributed by atoms with van der Waals surface area (Å²) >= 11 is 0. The molecule has 1 fully saturated rings. The van der Waals surface area contributed by atoms with E-state index < -0.39 is 32.7 Å².